The summed E-state index contributed by atoms with van der Waals surface area (Å²) >= 11 is 1.47. The number of rotatable bonds is 5. The molecule has 0 bridgehead atoms. The van der Waals surface area contributed by atoms with E-state index in [9.17, 15) is 13.2 Å². The average molecular weight is 392 g/mol. The summed E-state index contributed by atoms with van der Waals surface area (Å²) in [5.74, 6) is 0. The van der Waals surface area contributed by atoms with Crippen LogP contribution in [0.4, 0.5) is 16.2 Å². The molecule has 0 radical (unpaired) electrons. The van der Waals surface area contributed by atoms with Crippen LogP contribution < -0.4 is 10.0 Å². The predicted octanol–water partition coefficient (Wildman–Crippen LogP) is 3.84. The fourth-order valence-corrected chi connectivity index (χ4v) is 4.47. The van der Waals surface area contributed by atoms with Crippen LogP contribution in [0.3, 0.4) is 0 Å². The van der Waals surface area contributed by atoms with Gasteiger partial charge in [0.15, 0.2) is 0 Å². The Morgan fingerprint density at radius 2 is 1.69 bits per heavy atom. The quantitative estimate of drug-likeness (QED) is 0.759. The van der Waals surface area contributed by atoms with Crippen molar-refractivity contribution in [3.05, 3.63) is 48.5 Å². The maximum Gasteiger partial charge on any atom is 0.321 e. The number of benzene rings is 2. The molecule has 0 unspecified atom stereocenters. The number of hydrogen-bond acceptors (Lipinski definition) is 4. The van der Waals surface area contributed by atoms with Crippen molar-refractivity contribution in [2.24, 2.45) is 0 Å². The van der Waals surface area contributed by atoms with E-state index in [4.69, 9.17) is 0 Å². The second kappa shape index (κ2) is 8.01. The molecule has 0 atom stereocenters. The van der Waals surface area contributed by atoms with Gasteiger partial charge in [-0.1, -0.05) is 12.1 Å². The van der Waals surface area contributed by atoms with Gasteiger partial charge in [-0.15, -0.1) is 11.8 Å². The molecule has 26 heavy (non-hydrogen) atoms. The summed E-state index contributed by atoms with van der Waals surface area (Å²) in [5, 5.41) is 2.80. The summed E-state index contributed by atoms with van der Waals surface area (Å²) in [6.07, 6.45) is 3.94. The van der Waals surface area contributed by atoms with Crippen molar-refractivity contribution in [3.63, 3.8) is 0 Å². The molecule has 2 N–H and O–H groups in total. The van der Waals surface area contributed by atoms with Gasteiger partial charge in [-0.25, -0.2) is 13.2 Å². The number of anilines is 2. The molecular formula is C18H21N3O3S2. The van der Waals surface area contributed by atoms with Gasteiger partial charge in [-0.05, 0) is 55.5 Å². The van der Waals surface area contributed by atoms with Crippen LogP contribution in [0.15, 0.2) is 58.3 Å². The Hall–Kier alpha value is -2.19. The van der Waals surface area contributed by atoms with E-state index in [2.05, 4.69) is 10.0 Å². The number of hydrogen-bond donors (Lipinski definition) is 2. The molecule has 1 aliphatic rings. The third kappa shape index (κ3) is 4.31. The molecule has 1 aliphatic heterocycles. The Labute approximate surface area is 158 Å². The number of amides is 2. The number of para-hydroxylation sites is 1. The number of nitrogens with zero attached hydrogens (tertiary/aromatic N) is 1. The van der Waals surface area contributed by atoms with Gasteiger partial charge in [0.05, 0.1) is 10.6 Å². The maximum atomic E-state index is 12.6. The molecule has 2 aromatic carbocycles. The summed E-state index contributed by atoms with van der Waals surface area (Å²) in [6, 6.07) is 13.3. The normalized spacial score (nSPS) is 14.3. The van der Waals surface area contributed by atoms with Gasteiger partial charge in [0.25, 0.3) is 10.0 Å². The number of carbonyl (C=O) groups is 1. The lowest BCUT2D eigenvalue weighted by molar-refractivity contribution is 0.222. The minimum absolute atomic E-state index is 0.146. The van der Waals surface area contributed by atoms with Crippen molar-refractivity contribution in [2.75, 3.05) is 29.4 Å². The van der Waals surface area contributed by atoms with Crippen LogP contribution in [0.25, 0.3) is 0 Å². The standard InChI is InChI=1S/C18H21N3O3S2/c1-25-17-7-3-2-6-16(17)20-26(23,24)15-10-8-14(9-11-15)19-18(22)21-12-4-5-13-21/h2-3,6-11,20H,4-5,12-13H2,1H3,(H,19,22). The monoisotopic (exact) mass is 391 g/mol. The molecular weight excluding hydrogens is 370 g/mol. The Morgan fingerprint density at radius 3 is 2.35 bits per heavy atom. The summed E-state index contributed by atoms with van der Waals surface area (Å²) < 4.78 is 27.8. The zero-order chi connectivity index (χ0) is 18.6. The van der Waals surface area contributed by atoms with Crippen molar-refractivity contribution < 1.29 is 13.2 Å². The number of thioether (sulfide) groups is 1. The first-order valence-electron chi connectivity index (χ1n) is 8.31. The van der Waals surface area contributed by atoms with E-state index >= 15 is 0 Å². The highest BCUT2D eigenvalue weighted by Gasteiger charge is 2.19. The van der Waals surface area contributed by atoms with Crippen LogP contribution in [0.2, 0.25) is 0 Å². The zero-order valence-corrected chi connectivity index (χ0v) is 16.1. The van der Waals surface area contributed by atoms with E-state index in [0.29, 0.717) is 11.4 Å². The van der Waals surface area contributed by atoms with E-state index in [-0.39, 0.29) is 10.9 Å². The van der Waals surface area contributed by atoms with Crippen molar-refractivity contribution in [1.82, 2.24) is 4.90 Å². The highest BCUT2D eigenvalue weighted by Crippen LogP contribution is 2.27. The average Bonchev–Trinajstić information content (AvgIpc) is 3.17. The van der Waals surface area contributed by atoms with E-state index in [0.717, 1.165) is 30.8 Å². The molecule has 3 rings (SSSR count). The van der Waals surface area contributed by atoms with Gasteiger partial charge >= 0.3 is 6.03 Å². The Morgan fingerprint density at radius 1 is 1.04 bits per heavy atom. The SMILES string of the molecule is CSc1ccccc1NS(=O)(=O)c1ccc(NC(=O)N2CCCC2)cc1. The van der Waals surface area contributed by atoms with Crippen LogP contribution in [-0.4, -0.2) is 38.7 Å². The first-order valence-corrected chi connectivity index (χ1v) is 11.0. The molecule has 0 aromatic heterocycles. The van der Waals surface area contributed by atoms with Gasteiger partial charge in [0, 0.05) is 23.7 Å². The fraction of sp³-hybridized carbons (Fsp3) is 0.278. The molecule has 2 amide bonds. The lowest BCUT2D eigenvalue weighted by Crippen LogP contribution is -2.32. The first-order chi connectivity index (χ1) is 12.5. The molecule has 6 nitrogen and oxygen atoms in total. The summed E-state index contributed by atoms with van der Waals surface area (Å²) in [7, 11) is -3.69. The lowest BCUT2D eigenvalue weighted by atomic mass is 10.3. The number of sulfonamides is 1. The molecule has 1 fully saturated rings. The molecule has 0 saturated carbocycles. The van der Waals surface area contributed by atoms with Gasteiger partial charge < -0.3 is 10.2 Å². The van der Waals surface area contributed by atoms with Crippen LogP contribution in [-0.2, 0) is 10.0 Å². The van der Waals surface area contributed by atoms with Gasteiger partial charge in [-0.2, -0.15) is 0 Å². The molecule has 8 heteroatoms. The lowest BCUT2D eigenvalue weighted by Gasteiger charge is -2.16. The Bertz CT molecular complexity index is 877. The number of likely N-dealkylation sites (tertiary alicyclic amines) is 1. The van der Waals surface area contributed by atoms with Crippen LogP contribution in [0, 0.1) is 0 Å². The van der Waals surface area contributed by atoms with E-state index in [1.807, 2.05) is 18.4 Å². The van der Waals surface area contributed by atoms with Crippen molar-refractivity contribution >= 4 is 39.2 Å². The predicted molar refractivity (Wildman–Crippen MR) is 105 cm³/mol. The molecule has 1 saturated heterocycles. The van der Waals surface area contributed by atoms with Gasteiger partial charge in [0.1, 0.15) is 0 Å². The highest BCUT2D eigenvalue weighted by atomic mass is 32.2. The Kier molecular flexibility index (Phi) is 5.73. The maximum absolute atomic E-state index is 12.6. The molecule has 1 heterocycles. The van der Waals surface area contributed by atoms with E-state index < -0.39 is 10.0 Å². The third-order valence-electron chi connectivity index (χ3n) is 4.16. The van der Waals surface area contributed by atoms with Crippen LogP contribution in [0.5, 0.6) is 0 Å². The second-order valence-corrected chi connectivity index (χ2v) is 8.48. The number of urea groups is 1. The summed E-state index contributed by atoms with van der Waals surface area (Å²) in [5.41, 5.74) is 1.12. The minimum Gasteiger partial charge on any atom is -0.325 e. The largest absolute Gasteiger partial charge is 0.325 e. The molecule has 2 aromatic rings. The molecule has 0 spiro atoms. The second-order valence-electron chi connectivity index (χ2n) is 5.95. The van der Waals surface area contributed by atoms with E-state index in [1.54, 1.807) is 29.2 Å². The molecule has 0 aliphatic carbocycles. The van der Waals surface area contributed by atoms with Crippen LogP contribution in [0.1, 0.15) is 12.8 Å². The summed E-state index contributed by atoms with van der Waals surface area (Å²) in [4.78, 5) is 14.8. The van der Waals surface area contributed by atoms with E-state index in [1.165, 1.54) is 23.9 Å². The molecule has 138 valence electrons. The van der Waals surface area contributed by atoms with Gasteiger partial charge in [-0.3, -0.25) is 4.72 Å². The fourth-order valence-electron chi connectivity index (χ4n) is 2.77. The number of carbonyl (C=O) groups excluding carboxylic acids is 1. The topological polar surface area (TPSA) is 78.5 Å². The van der Waals surface area contributed by atoms with Crippen molar-refractivity contribution in [2.45, 2.75) is 22.6 Å². The number of nitrogens with one attached hydrogen (secondary N) is 2. The summed E-state index contributed by atoms with van der Waals surface area (Å²) in [6.45, 7) is 1.52. The zero-order valence-electron chi connectivity index (χ0n) is 14.4. The van der Waals surface area contributed by atoms with Gasteiger partial charge in [0.2, 0.25) is 0 Å². The smallest absolute Gasteiger partial charge is 0.321 e. The van der Waals surface area contributed by atoms with Crippen molar-refractivity contribution in [3.8, 4) is 0 Å². The van der Waals surface area contributed by atoms with Crippen molar-refractivity contribution in [1.29, 1.82) is 0 Å². The highest BCUT2D eigenvalue weighted by molar-refractivity contribution is 7.99. The third-order valence-corrected chi connectivity index (χ3v) is 6.34. The first kappa shape index (κ1) is 18.6. The van der Waals surface area contributed by atoms with Crippen LogP contribution >= 0.6 is 11.8 Å². The minimum atomic E-state index is -3.69. The Balaban J connectivity index is 1.71.